The summed E-state index contributed by atoms with van der Waals surface area (Å²) in [5, 5.41) is 14.6. The molecule has 1 N–H and O–H groups in total. The van der Waals surface area contributed by atoms with E-state index in [2.05, 4.69) is 10.3 Å². The number of hydrogen-bond donors (Lipinski definition) is 1. The first-order valence-electron chi connectivity index (χ1n) is 10.9. The number of rotatable bonds is 7. The molecular formula is C26H17FN4O6. The molecule has 0 aliphatic carbocycles. The number of amides is 1. The Labute approximate surface area is 207 Å². The largest absolute Gasteiger partial charge is 0.478 e. The molecule has 0 atom stereocenters. The van der Waals surface area contributed by atoms with Crippen LogP contribution in [-0.2, 0) is 6.61 Å². The summed E-state index contributed by atoms with van der Waals surface area (Å²) in [5.74, 6) is -1.59. The number of pyridine rings is 2. The predicted octanol–water partition coefficient (Wildman–Crippen LogP) is 4.86. The molecule has 184 valence electrons. The number of carbonyl (C=O) groups is 1. The van der Waals surface area contributed by atoms with Crippen LogP contribution in [0.25, 0.3) is 16.7 Å². The third kappa shape index (κ3) is 4.78. The number of ether oxygens (including phenoxy) is 1. The van der Waals surface area contributed by atoms with Gasteiger partial charge in [0.05, 0.1) is 11.6 Å². The normalized spacial score (nSPS) is 10.8. The van der Waals surface area contributed by atoms with Gasteiger partial charge in [-0.05, 0) is 70.1 Å². The Morgan fingerprint density at radius 1 is 1.11 bits per heavy atom. The maximum Gasteiger partial charge on any atom is 0.410 e. The van der Waals surface area contributed by atoms with Crippen molar-refractivity contribution < 1.29 is 23.3 Å². The average Bonchev–Trinajstić information content (AvgIpc) is 3.38. The molecule has 0 aliphatic rings. The Bertz CT molecular complexity index is 1680. The Kier molecular flexibility index (Phi) is 6.17. The van der Waals surface area contributed by atoms with Crippen molar-refractivity contribution in [3.05, 3.63) is 123 Å². The van der Waals surface area contributed by atoms with Gasteiger partial charge in [0.15, 0.2) is 11.8 Å². The molecule has 1 amide bonds. The maximum absolute atomic E-state index is 13.2. The highest BCUT2D eigenvalue weighted by molar-refractivity contribution is 6.04. The van der Waals surface area contributed by atoms with Crippen molar-refractivity contribution in [2.75, 3.05) is 5.32 Å². The third-order valence-electron chi connectivity index (χ3n) is 5.50. The van der Waals surface area contributed by atoms with Gasteiger partial charge in [-0.15, -0.1) is 0 Å². The number of aromatic nitrogens is 2. The molecule has 37 heavy (non-hydrogen) atoms. The monoisotopic (exact) mass is 500 g/mol. The summed E-state index contributed by atoms with van der Waals surface area (Å²) in [5.41, 5.74) is 1.08. The zero-order valence-corrected chi connectivity index (χ0v) is 19.0. The maximum atomic E-state index is 13.2. The fraction of sp³-hybridized carbons (Fsp3) is 0.0385. The first-order chi connectivity index (χ1) is 17.9. The summed E-state index contributed by atoms with van der Waals surface area (Å²) >= 11 is 0. The summed E-state index contributed by atoms with van der Waals surface area (Å²) in [6, 6.07) is 16.5. The van der Waals surface area contributed by atoms with E-state index in [-0.39, 0.29) is 23.5 Å². The molecule has 3 aromatic heterocycles. The molecule has 10 nitrogen and oxygen atoms in total. The summed E-state index contributed by atoms with van der Waals surface area (Å²) in [4.78, 5) is 40.1. The highest BCUT2D eigenvalue weighted by atomic mass is 19.1. The molecule has 5 rings (SSSR count). The molecule has 0 spiro atoms. The average molecular weight is 500 g/mol. The fourth-order valence-corrected chi connectivity index (χ4v) is 3.67. The van der Waals surface area contributed by atoms with E-state index in [1.807, 2.05) is 0 Å². The highest BCUT2D eigenvalue weighted by Crippen LogP contribution is 2.34. The Balaban J connectivity index is 1.30. The van der Waals surface area contributed by atoms with Crippen LogP contribution in [-0.4, -0.2) is 20.4 Å². The van der Waals surface area contributed by atoms with E-state index in [9.17, 15) is 24.1 Å². The first-order valence-corrected chi connectivity index (χ1v) is 10.9. The van der Waals surface area contributed by atoms with Crippen LogP contribution in [0.5, 0.6) is 5.75 Å². The lowest BCUT2D eigenvalue weighted by molar-refractivity contribution is -0.390. The van der Waals surface area contributed by atoms with E-state index in [0.717, 1.165) is 0 Å². The van der Waals surface area contributed by atoms with Gasteiger partial charge in [0.2, 0.25) is 0 Å². The second-order valence-electron chi connectivity index (χ2n) is 7.89. The van der Waals surface area contributed by atoms with Crippen LogP contribution >= 0.6 is 0 Å². The van der Waals surface area contributed by atoms with E-state index in [1.54, 1.807) is 36.4 Å². The van der Waals surface area contributed by atoms with Gasteiger partial charge < -0.3 is 24.6 Å². The van der Waals surface area contributed by atoms with Crippen LogP contribution in [0.2, 0.25) is 0 Å². The molecule has 0 saturated heterocycles. The lowest BCUT2D eigenvalue weighted by atomic mass is 10.2. The van der Waals surface area contributed by atoms with Crippen LogP contribution in [0.3, 0.4) is 0 Å². The standard InChI is InChI=1S/C26H17FN4O6/c27-18-5-9-20(10-6-18)30-12-1-2-21(26(30)33)25(32)29-19-7-3-16(4-8-19)15-37-23-22-17(11-13-36-22)14-28-24(23)31(34)35/h1-14H,15H2,(H,29,32). The van der Waals surface area contributed by atoms with Crippen LogP contribution in [0, 0.1) is 15.9 Å². The lowest BCUT2D eigenvalue weighted by Crippen LogP contribution is -2.27. The van der Waals surface area contributed by atoms with Gasteiger partial charge in [-0.3, -0.25) is 14.2 Å². The minimum atomic E-state index is -0.649. The highest BCUT2D eigenvalue weighted by Gasteiger charge is 2.23. The van der Waals surface area contributed by atoms with Crippen molar-refractivity contribution in [2.45, 2.75) is 6.61 Å². The van der Waals surface area contributed by atoms with Gasteiger partial charge in [0, 0.05) is 17.6 Å². The Hall–Kier alpha value is -5.32. The number of fused-ring (bicyclic) bond motifs is 1. The van der Waals surface area contributed by atoms with Crippen molar-refractivity contribution in [1.82, 2.24) is 9.55 Å². The van der Waals surface area contributed by atoms with E-state index >= 15 is 0 Å². The number of furan rings is 1. The number of nitrogens with zero attached hydrogens (tertiary/aromatic N) is 3. The van der Waals surface area contributed by atoms with Gasteiger partial charge in [-0.1, -0.05) is 12.1 Å². The Morgan fingerprint density at radius 2 is 1.86 bits per heavy atom. The second kappa shape index (κ2) is 9.74. The van der Waals surface area contributed by atoms with Gasteiger partial charge in [0.25, 0.3) is 17.2 Å². The summed E-state index contributed by atoms with van der Waals surface area (Å²) < 4.78 is 25.5. The molecule has 0 bridgehead atoms. The molecule has 3 heterocycles. The number of carbonyl (C=O) groups excluding carboxylic acids is 1. The quantitative estimate of drug-likeness (QED) is 0.250. The predicted molar refractivity (Wildman–Crippen MR) is 131 cm³/mol. The molecule has 0 saturated carbocycles. The first kappa shape index (κ1) is 23.4. The summed E-state index contributed by atoms with van der Waals surface area (Å²) in [6.45, 7) is -0.0162. The molecular weight excluding hydrogens is 483 g/mol. The molecule has 2 aromatic carbocycles. The van der Waals surface area contributed by atoms with Gasteiger partial charge >= 0.3 is 5.82 Å². The molecule has 0 unspecified atom stereocenters. The number of nitrogens with one attached hydrogen (secondary N) is 1. The van der Waals surface area contributed by atoms with Crippen LogP contribution < -0.4 is 15.6 Å². The minimum Gasteiger partial charge on any atom is -0.478 e. The Morgan fingerprint density at radius 3 is 2.59 bits per heavy atom. The van der Waals surface area contributed by atoms with E-state index in [4.69, 9.17) is 9.15 Å². The van der Waals surface area contributed by atoms with Crippen LogP contribution in [0.15, 0.2) is 94.6 Å². The second-order valence-corrected chi connectivity index (χ2v) is 7.89. The minimum absolute atomic E-state index is 0.0162. The van der Waals surface area contributed by atoms with Crippen molar-refractivity contribution in [1.29, 1.82) is 0 Å². The van der Waals surface area contributed by atoms with Gasteiger partial charge in [-0.25, -0.2) is 4.39 Å². The molecule has 11 heteroatoms. The zero-order chi connectivity index (χ0) is 25.9. The SMILES string of the molecule is O=C(Nc1ccc(COc2c([N+](=O)[O-])ncc3ccoc23)cc1)c1cccn(-c2ccc(F)cc2)c1=O. The smallest absolute Gasteiger partial charge is 0.410 e. The number of anilines is 1. The van der Waals surface area contributed by atoms with Gasteiger partial charge in [-0.2, -0.15) is 0 Å². The van der Waals surface area contributed by atoms with E-state index < -0.39 is 28.0 Å². The topological polar surface area (TPSA) is 130 Å². The molecule has 0 fully saturated rings. The van der Waals surface area contributed by atoms with Crippen molar-refractivity contribution in [3.63, 3.8) is 0 Å². The zero-order valence-electron chi connectivity index (χ0n) is 19.0. The number of hydrogen-bond acceptors (Lipinski definition) is 7. The third-order valence-corrected chi connectivity index (χ3v) is 5.50. The number of nitro groups is 1. The van der Waals surface area contributed by atoms with Crippen molar-refractivity contribution >= 4 is 28.4 Å². The molecule has 0 aliphatic heterocycles. The van der Waals surface area contributed by atoms with Gasteiger partial charge in [0.1, 0.15) is 18.0 Å². The lowest BCUT2D eigenvalue weighted by Gasteiger charge is -2.10. The number of benzene rings is 2. The van der Waals surface area contributed by atoms with Crippen LogP contribution in [0.1, 0.15) is 15.9 Å². The molecule has 5 aromatic rings. The fourth-order valence-electron chi connectivity index (χ4n) is 3.67. The van der Waals surface area contributed by atoms with Crippen molar-refractivity contribution in [3.8, 4) is 11.4 Å². The van der Waals surface area contributed by atoms with E-state index in [0.29, 0.717) is 22.3 Å². The molecule has 0 radical (unpaired) electrons. The number of halogens is 1. The van der Waals surface area contributed by atoms with Crippen LogP contribution in [0.4, 0.5) is 15.9 Å². The summed E-state index contributed by atoms with van der Waals surface area (Å²) in [7, 11) is 0. The van der Waals surface area contributed by atoms with E-state index in [1.165, 1.54) is 53.6 Å². The van der Waals surface area contributed by atoms with Crippen molar-refractivity contribution in [2.24, 2.45) is 0 Å². The summed E-state index contributed by atoms with van der Waals surface area (Å²) in [6.07, 6.45) is 4.22.